The van der Waals surface area contributed by atoms with Crippen LogP contribution in [0.3, 0.4) is 0 Å². The highest BCUT2D eigenvalue weighted by Gasteiger charge is 2.18. The van der Waals surface area contributed by atoms with E-state index in [0.29, 0.717) is 0 Å². The van der Waals surface area contributed by atoms with Gasteiger partial charge in [-0.1, -0.05) is 18.2 Å². The molecule has 0 bridgehead atoms. The molecule has 0 saturated heterocycles. The summed E-state index contributed by atoms with van der Waals surface area (Å²) in [7, 11) is 3.58. The molecule has 0 amide bonds. The molecule has 2 rings (SSSR count). The summed E-state index contributed by atoms with van der Waals surface area (Å²) in [5.74, 6) is 6.44. The van der Waals surface area contributed by atoms with Gasteiger partial charge in [0.15, 0.2) is 0 Å². The maximum Gasteiger partial charge on any atom is 0.124 e. The van der Waals surface area contributed by atoms with Crippen molar-refractivity contribution >= 4 is 0 Å². The monoisotopic (exact) mass is 232 g/mol. The van der Waals surface area contributed by atoms with Crippen LogP contribution in [0.2, 0.25) is 0 Å². The Morgan fingerprint density at radius 2 is 2.18 bits per heavy atom. The maximum atomic E-state index is 5.64. The van der Waals surface area contributed by atoms with Gasteiger partial charge in [0.25, 0.3) is 0 Å². The molecular formula is C12H16N4O. The number of aryl methyl sites for hydroxylation is 1. The number of ether oxygens (including phenoxy) is 1. The summed E-state index contributed by atoms with van der Waals surface area (Å²) < 4.78 is 7.27. The lowest BCUT2D eigenvalue weighted by Gasteiger charge is -2.19. The van der Waals surface area contributed by atoms with Crippen molar-refractivity contribution in [3.8, 4) is 5.75 Å². The van der Waals surface area contributed by atoms with E-state index in [1.165, 1.54) is 0 Å². The van der Waals surface area contributed by atoms with Crippen molar-refractivity contribution in [1.82, 2.24) is 15.0 Å². The number of rotatable bonds is 4. The Hall–Kier alpha value is -1.85. The second-order valence-electron chi connectivity index (χ2n) is 3.77. The summed E-state index contributed by atoms with van der Waals surface area (Å²) in [5.41, 5.74) is 4.77. The molecule has 5 nitrogen and oxygen atoms in total. The van der Waals surface area contributed by atoms with E-state index in [9.17, 15) is 0 Å². The molecule has 0 aliphatic carbocycles. The standard InChI is InChI=1S/C12H16N4O/c1-16-8-14-7-10(16)12(15-13)9-5-3-4-6-11(9)17-2/h3-8,12,15H,13H2,1-2H3. The van der Waals surface area contributed by atoms with E-state index in [-0.39, 0.29) is 6.04 Å². The zero-order valence-electron chi connectivity index (χ0n) is 9.92. The molecule has 0 radical (unpaired) electrons. The Balaban J connectivity index is 2.46. The minimum Gasteiger partial charge on any atom is -0.496 e. The second kappa shape index (κ2) is 4.99. The number of hydrogen-bond donors (Lipinski definition) is 2. The summed E-state index contributed by atoms with van der Waals surface area (Å²) in [6.45, 7) is 0. The van der Waals surface area contributed by atoms with Crippen molar-refractivity contribution in [2.75, 3.05) is 7.11 Å². The fraction of sp³-hybridized carbons (Fsp3) is 0.250. The van der Waals surface area contributed by atoms with Crippen molar-refractivity contribution in [1.29, 1.82) is 0 Å². The third-order valence-electron chi connectivity index (χ3n) is 2.77. The van der Waals surface area contributed by atoms with Crippen LogP contribution in [0.1, 0.15) is 17.3 Å². The van der Waals surface area contributed by atoms with Crippen LogP contribution < -0.4 is 16.0 Å². The Morgan fingerprint density at radius 1 is 1.41 bits per heavy atom. The molecule has 90 valence electrons. The summed E-state index contributed by atoms with van der Waals surface area (Å²) in [5, 5.41) is 0. The van der Waals surface area contributed by atoms with Gasteiger partial charge < -0.3 is 9.30 Å². The van der Waals surface area contributed by atoms with Crippen molar-refractivity contribution in [3.63, 3.8) is 0 Å². The number of nitrogens with one attached hydrogen (secondary N) is 1. The highest BCUT2D eigenvalue weighted by Crippen LogP contribution is 2.28. The third-order valence-corrected chi connectivity index (χ3v) is 2.77. The van der Waals surface area contributed by atoms with E-state index in [1.54, 1.807) is 19.6 Å². The van der Waals surface area contributed by atoms with Crippen LogP contribution in [-0.4, -0.2) is 16.7 Å². The zero-order chi connectivity index (χ0) is 12.3. The molecule has 1 aromatic carbocycles. The van der Waals surface area contributed by atoms with Crippen LogP contribution in [0.25, 0.3) is 0 Å². The van der Waals surface area contributed by atoms with Gasteiger partial charge in [-0.2, -0.15) is 0 Å². The van der Waals surface area contributed by atoms with Gasteiger partial charge in [0.05, 0.1) is 31.4 Å². The number of benzene rings is 1. The quantitative estimate of drug-likeness (QED) is 0.609. The van der Waals surface area contributed by atoms with E-state index in [1.807, 2.05) is 35.9 Å². The van der Waals surface area contributed by atoms with Crippen molar-refractivity contribution in [2.45, 2.75) is 6.04 Å². The van der Waals surface area contributed by atoms with Crippen molar-refractivity contribution < 1.29 is 4.74 Å². The Labute approximate surface area is 100 Å². The summed E-state index contributed by atoms with van der Waals surface area (Å²) in [6, 6.07) is 7.64. The second-order valence-corrected chi connectivity index (χ2v) is 3.77. The van der Waals surface area contributed by atoms with Gasteiger partial charge >= 0.3 is 0 Å². The van der Waals surface area contributed by atoms with Gasteiger partial charge in [-0.15, -0.1) is 0 Å². The number of hydrogen-bond acceptors (Lipinski definition) is 4. The fourth-order valence-corrected chi connectivity index (χ4v) is 1.88. The predicted molar refractivity (Wildman–Crippen MR) is 65.4 cm³/mol. The van der Waals surface area contributed by atoms with Gasteiger partial charge in [-0.05, 0) is 6.07 Å². The maximum absolute atomic E-state index is 5.64. The minimum absolute atomic E-state index is 0.140. The number of imidazole rings is 1. The fourth-order valence-electron chi connectivity index (χ4n) is 1.88. The first-order valence-electron chi connectivity index (χ1n) is 5.33. The first kappa shape index (κ1) is 11.6. The summed E-state index contributed by atoms with van der Waals surface area (Å²) >= 11 is 0. The molecule has 0 saturated carbocycles. The first-order chi connectivity index (χ1) is 8.27. The smallest absolute Gasteiger partial charge is 0.124 e. The molecule has 3 N–H and O–H groups in total. The number of nitrogens with zero attached hydrogens (tertiary/aromatic N) is 2. The van der Waals surface area contributed by atoms with Crippen LogP contribution in [0.5, 0.6) is 5.75 Å². The van der Waals surface area contributed by atoms with E-state index in [4.69, 9.17) is 10.6 Å². The molecule has 0 fully saturated rings. The topological polar surface area (TPSA) is 65.1 Å². The van der Waals surface area contributed by atoms with Crippen molar-refractivity contribution in [3.05, 3.63) is 48.0 Å². The van der Waals surface area contributed by atoms with Gasteiger partial charge in [0, 0.05) is 12.6 Å². The largest absolute Gasteiger partial charge is 0.496 e. The van der Waals surface area contributed by atoms with Gasteiger partial charge in [0.1, 0.15) is 5.75 Å². The molecule has 2 aromatic rings. The molecule has 0 spiro atoms. The average molecular weight is 232 g/mol. The average Bonchev–Trinajstić information content (AvgIpc) is 2.78. The van der Waals surface area contributed by atoms with Crippen LogP contribution in [0.4, 0.5) is 0 Å². The molecule has 1 heterocycles. The van der Waals surface area contributed by atoms with E-state index < -0.39 is 0 Å². The number of hydrazine groups is 1. The number of methoxy groups -OCH3 is 1. The zero-order valence-corrected chi connectivity index (χ0v) is 9.92. The molecule has 1 aromatic heterocycles. The number of aromatic nitrogens is 2. The van der Waals surface area contributed by atoms with E-state index >= 15 is 0 Å². The van der Waals surface area contributed by atoms with Gasteiger partial charge in [-0.25, -0.2) is 10.4 Å². The summed E-state index contributed by atoms with van der Waals surface area (Å²) in [4.78, 5) is 4.10. The van der Waals surface area contributed by atoms with Crippen molar-refractivity contribution in [2.24, 2.45) is 12.9 Å². The first-order valence-corrected chi connectivity index (χ1v) is 5.33. The summed E-state index contributed by atoms with van der Waals surface area (Å²) in [6.07, 6.45) is 3.53. The minimum atomic E-state index is -0.140. The number of para-hydroxylation sites is 1. The lowest BCUT2D eigenvalue weighted by Crippen LogP contribution is -2.30. The van der Waals surface area contributed by atoms with Crippen LogP contribution >= 0.6 is 0 Å². The lowest BCUT2D eigenvalue weighted by molar-refractivity contribution is 0.403. The number of nitrogens with two attached hydrogens (primary N) is 1. The normalized spacial score (nSPS) is 12.4. The van der Waals surface area contributed by atoms with E-state index in [2.05, 4.69) is 10.4 Å². The molecule has 1 atom stereocenters. The Morgan fingerprint density at radius 3 is 2.76 bits per heavy atom. The molecular weight excluding hydrogens is 216 g/mol. The molecule has 5 heteroatoms. The third kappa shape index (κ3) is 2.15. The van der Waals surface area contributed by atoms with E-state index in [0.717, 1.165) is 17.0 Å². The van der Waals surface area contributed by atoms with Gasteiger partial charge in [0.2, 0.25) is 0 Å². The van der Waals surface area contributed by atoms with Crippen LogP contribution in [0, 0.1) is 0 Å². The molecule has 17 heavy (non-hydrogen) atoms. The predicted octanol–water partition coefficient (Wildman–Crippen LogP) is 0.981. The Bertz CT molecular complexity index is 495. The highest BCUT2D eigenvalue weighted by molar-refractivity contribution is 5.39. The molecule has 0 aliphatic heterocycles. The molecule has 0 aliphatic rings. The molecule has 1 unspecified atom stereocenters. The highest BCUT2D eigenvalue weighted by atomic mass is 16.5. The van der Waals surface area contributed by atoms with Crippen LogP contribution in [0.15, 0.2) is 36.8 Å². The Kier molecular flexibility index (Phi) is 3.41. The van der Waals surface area contributed by atoms with Crippen LogP contribution in [-0.2, 0) is 7.05 Å². The SMILES string of the molecule is COc1ccccc1C(NN)c1cncn1C. The van der Waals surface area contributed by atoms with Gasteiger partial charge in [-0.3, -0.25) is 5.84 Å². The lowest BCUT2D eigenvalue weighted by atomic mass is 10.0.